The van der Waals surface area contributed by atoms with E-state index in [9.17, 15) is 22.8 Å². The summed E-state index contributed by atoms with van der Waals surface area (Å²) < 4.78 is 35.1. The van der Waals surface area contributed by atoms with Crippen LogP contribution in [-0.4, -0.2) is 40.7 Å². The SMILES string of the molecule is CC(CC(=O)O)NC(=O)CSCC(F)(F)F. The number of nitrogens with one attached hydrogen (secondary N) is 1. The average Bonchev–Trinajstić information content (AvgIpc) is 1.98. The number of hydrogen-bond acceptors (Lipinski definition) is 3. The van der Waals surface area contributed by atoms with Crippen molar-refractivity contribution in [3.8, 4) is 0 Å². The number of thioether (sulfide) groups is 1. The summed E-state index contributed by atoms with van der Waals surface area (Å²) in [7, 11) is 0. The van der Waals surface area contributed by atoms with Gasteiger partial charge in [0.15, 0.2) is 0 Å². The Morgan fingerprint density at radius 3 is 2.44 bits per heavy atom. The van der Waals surface area contributed by atoms with Gasteiger partial charge in [-0.3, -0.25) is 9.59 Å². The Morgan fingerprint density at radius 1 is 1.44 bits per heavy atom. The van der Waals surface area contributed by atoms with Crippen LogP contribution >= 0.6 is 11.8 Å². The molecule has 0 aromatic rings. The zero-order chi connectivity index (χ0) is 12.8. The van der Waals surface area contributed by atoms with Gasteiger partial charge in [0.2, 0.25) is 5.91 Å². The third-order valence-corrected chi connectivity index (χ3v) is 2.38. The van der Waals surface area contributed by atoms with Crippen molar-refractivity contribution in [1.82, 2.24) is 5.32 Å². The number of carbonyl (C=O) groups is 2. The molecule has 1 amide bonds. The number of carboxylic acid groups (broad SMARTS) is 1. The molecule has 0 radical (unpaired) electrons. The lowest BCUT2D eigenvalue weighted by atomic mass is 10.2. The van der Waals surface area contributed by atoms with Crippen LogP contribution in [0.1, 0.15) is 13.3 Å². The minimum Gasteiger partial charge on any atom is -0.481 e. The van der Waals surface area contributed by atoms with Gasteiger partial charge in [-0.25, -0.2) is 0 Å². The molecular weight excluding hydrogens is 247 g/mol. The van der Waals surface area contributed by atoms with Crippen LogP contribution in [0.5, 0.6) is 0 Å². The molecule has 0 rings (SSSR count). The summed E-state index contributed by atoms with van der Waals surface area (Å²) in [6.45, 7) is 1.47. The zero-order valence-corrected chi connectivity index (χ0v) is 9.32. The Morgan fingerprint density at radius 2 is 2.00 bits per heavy atom. The number of hydrogen-bond donors (Lipinski definition) is 2. The normalized spacial score (nSPS) is 13.2. The van der Waals surface area contributed by atoms with Crippen LogP contribution in [0.3, 0.4) is 0 Å². The highest BCUT2D eigenvalue weighted by Gasteiger charge is 2.27. The molecule has 8 heteroatoms. The second kappa shape index (κ2) is 6.62. The molecule has 0 aliphatic carbocycles. The number of alkyl halides is 3. The Bertz CT molecular complexity index is 257. The molecule has 0 saturated heterocycles. The van der Waals surface area contributed by atoms with Crippen molar-refractivity contribution >= 4 is 23.6 Å². The largest absolute Gasteiger partial charge is 0.481 e. The van der Waals surface area contributed by atoms with Gasteiger partial charge in [0.25, 0.3) is 0 Å². The number of carboxylic acids is 1. The number of amides is 1. The summed E-state index contributed by atoms with van der Waals surface area (Å²) in [4.78, 5) is 21.3. The topological polar surface area (TPSA) is 66.4 Å². The van der Waals surface area contributed by atoms with Crippen LogP contribution in [0, 0.1) is 0 Å². The van der Waals surface area contributed by atoms with Gasteiger partial charge < -0.3 is 10.4 Å². The second-order valence-electron chi connectivity index (χ2n) is 3.17. The summed E-state index contributed by atoms with van der Waals surface area (Å²) in [6.07, 6.45) is -4.55. The highest BCUT2D eigenvalue weighted by molar-refractivity contribution is 8.00. The number of aliphatic carboxylic acids is 1. The van der Waals surface area contributed by atoms with E-state index >= 15 is 0 Å². The molecule has 0 aliphatic heterocycles. The molecule has 0 bridgehead atoms. The van der Waals surface area contributed by atoms with Crippen molar-refractivity contribution in [2.45, 2.75) is 25.6 Å². The molecule has 0 aliphatic rings. The molecule has 0 heterocycles. The molecule has 2 N–H and O–H groups in total. The fraction of sp³-hybridized carbons (Fsp3) is 0.750. The van der Waals surface area contributed by atoms with E-state index in [1.54, 1.807) is 0 Å². The lowest BCUT2D eigenvalue weighted by Gasteiger charge is -2.11. The van der Waals surface area contributed by atoms with Crippen molar-refractivity contribution in [2.75, 3.05) is 11.5 Å². The molecule has 1 unspecified atom stereocenters. The maximum absolute atomic E-state index is 11.7. The Kier molecular flexibility index (Phi) is 6.24. The molecule has 16 heavy (non-hydrogen) atoms. The molecular formula is C8H12F3NO3S. The van der Waals surface area contributed by atoms with E-state index in [0.29, 0.717) is 11.8 Å². The molecule has 1 atom stereocenters. The maximum Gasteiger partial charge on any atom is 0.397 e. The fourth-order valence-corrected chi connectivity index (χ4v) is 1.49. The summed E-state index contributed by atoms with van der Waals surface area (Å²) in [5, 5.41) is 10.7. The summed E-state index contributed by atoms with van der Waals surface area (Å²) >= 11 is 0.445. The van der Waals surface area contributed by atoms with Gasteiger partial charge in [0, 0.05) is 6.04 Å². The van der Waals surface area contributed by atoms with Crippen molar-refractivity contribution in [3.63, 3.8) is 0 Å². The zero-order valence-electron chi connectivity index (χ0n) is 8.50. The lowest BCUT2D eigenvalue weighted by molar-refractivity contribution is -0.137. The van der Waals surface area contributed by atoms with Gasteiger partial charge in [-0.05, 0) is 6.92 Å². The van der Waals surface area contributed by atoms with E-state index in [-0.39, 0.29) is 12.2 Å². The van der Waals surface area contributed by atoms with Crippen molar-refractivity contribution in [2.24, 2.45) is 0 Å². The van der Waals surface area contributed by atoms with Crippen LogP contribution in [0.15, 0.2) is 0 Å². The molecule has 0 aromatic carbocycles. The van der Waals surface area contributed by atoms with E-state index in [1.165, 1.54) is 6.92 Å². The first kappa shape index (κ1) is 15.1. The van der Waals surface area contributed by atoms with E-state index in [4.69, 9.17) is 5.11 Å². The standard InChI is InChI=1S/C8H12F3NO3S/c1-5(2-7(14)15)12-6(13)3-16-4-8(9,10)11/h5H,2-4H2,1H3,(H,12,13)(H,14,15). The van der Waals surface area contributed by atoms with Gasteiger partial charge in [-0.15, -0.1) is 11.8 Å². The molecule has 4 nitrogen and oxygen atoms in total. The van der Waals surface area contributed by atoms with Gasteiger partial charge in [-0.2, -0.15) is 13.2 Å². The summed E-state index contributed by atoms with van der Waals surface area (Å²) in [5.74, 6) is -3.09. The Hall–Kier alpha value is -0.920. The van der Waals surface area contributed by atoms with E-state index in [0.717, 1.165) is 0 Å². The van der Waals surface area contributed by atoms with Gasteiger partial charge in [0.1, 0.15) is 0 Å². The van der Waals surface area contributed by atoms with Crippen LogP contribution in [-0.2, 0) is 9.59 Å². The van der Waals surface area contributed by atoms with Gasteiger partial charge >= 0.3 is 12.1 Å². The summed E-state index contributed by atoms with van der Waals surface area (Å²) in [6, 6.07) is -0.587. The quantitative estimate of drug-likeness (QED) is 0.753. The van der Waals surface area contributed by atoms with Crippen molar-refractivity contribution in [3.05, 3.63) is 0 Å². The van der Waals surface area contributed by atoms with Crippen LogP contribution in [0.2, 0.25) is 0 Å². The fourth-order valence-electron chi connectivity index (χ4n) is 0.889. The Balaban J connectivity index is 3.70. The highest BCUT2D eigenvalue weighted by Crippen LogP contribution is 2.20. The molecule has 0 saturated carbocycles. The molecule has 0 spiro atoms. The van der Waals surface area contributed by atoms with Crippen LogP contribution in [0.25, 0.3) is 0 Å². The van der Waals surface area contributed by atoms with Crippen molar-refractivity contribution < 1.29 is 27.9 Å². The highest BCUT2D eigenvalue weighted by atomic mass is 32.2. The third kappa shape index (κ3) is 9.63. The average molecular weight is 259 g/mol. The first-order valence-electron chi connectivity index (χ1n) is 4.36. The van der Waals surface area contributed by atoms with Crippen LogP contribution < -0.4 is 5.32 Å². The van der Waals surface area contributed by atoms with Gasteiger partial charge in [0.05, 0.1) is 17.9 Å². The first-order chi connectivity index (χ1) is 7.20. The van der Waals surface area contributed by atoms with E-state index in [1.807, 2.05) is 0 Å². The first-order valence-corrected chi connectivity index (χ1v) is 5.52. The molecule has 94 valence electrons. The van der Waals surface area contributed by atoms with E-state index in [2.05, 4.69) is 5.32 Å². The monoisotopic (exact) mass is 259 g/mol. The predicted molar refractivity (Wildman–Crippen MR) is 53.2 cm³/mol. The van der Waals surface area contributed by atoms with Gasteiger partial charge in [-0.1, -0.05) is 0 Å². The second-order valence-corrected chi connectivity index (χ2v) is 4.16. The van der Waals surface area contributed by atoms with Crippen molar-refractivity contribution in [1.29, 1.82) is 0 Å². The number of carbonyl (C=O) groups excluding carboxylic acids is 1. The molecule has 0 fully saturated rings. The van der Waals surface area contributed by atoms with E-state index < -0.39 is 29.8 Å². The summed E-state index contributed by atoms with van der Waals surface area (Å²) in [5.41, 5.74) is 0. The smallest absolute Gasteiger partial charge is 0.397 e. The minimum atomic E-state index is -4.29. The number of halogens is 3. The maximum atomic E-state index is 11.7. The Labute approximate surface area is 94.6 Å². The minimum absolute atomic E-state index is 0.254. The predicted octanol–water partition coefficient (Wildman–Crippen LogP) is 1.26. The third-order valence-electron chi connectivity index (χ3n) is 1.39. The number of rotatable bonds is 6. The lowest BCUT2D eigenvalue weighted by Crippen LogP contribution is -2.35. The molecule has 0 aromatic heterocycles. The van der Waals surface area contributed by atoms with Crippen LogP contribution in [0.4, 0.5) is 13.2 Å².